The summed E-state index contributed by atoms with van der Waals surface area (Å²) in [6.45, 7) is 11.4. The lowest BCUT2D eigenvalue weighted by Crippen LogP contribution is -2.44. The van der Waals surface area contributed by atoms with Crippen molar-refractivity contribution in [2.75, 3.05) is 26.2 Å². The van der Waals surface area contributed by atoms with E-state index < -0.39 is 0 Å². The number of hydrogen-bond acceptors (Lipinski definition) is 2. The van der Waals surface area contributed by atoms with Gasteiger partial charge in [0.25, 0.3) is 0 Å². The Morgan fingerprint density at radius 2 is 1.72 bits per heavy atom. The molecule has 0 N–H and O–H groups in total. The number of unbranched alkanes of at least 4 members (excludes halogenated alkanes) is 4. The second-order valence-corrected chi connectivity index (χ2v) is 9.76. The van der Waals surface area contributed by atoms with E-state index in [1.165, 1.54) is 30.4 Å². The molecule has 1 saturated heterocycles. The van der Waals surface area contributed by atoms with Crippen molar-refractivity contribution >= 4 is 17.9 Å². The van der Waals surface area contributed by atoms with Crippen LogP contribution in [0.1, 0.15) is 84.6 Å². The number of likely N-dealkylation sites (tertiary alicyclic amines) is 1. The van der Waals surface area contributed by atoms with E-state index in [1.54, 1.807) is 0 Å². The highest BCUT2D eigenvalue weighted by Gasteiger charge is 2.26. The predicted molar refractivity (Wildman–Crippen MR) is 134 cm³/mol. The molecule has 0 aromatic heterocycles. The molecule has 0 bridgehead atoms. The first-order valence-electron chi connectivity index (χ1n) is 12.7. The molecule has 4 nitrogen and oxygen atoms in total. The average Bonchev–Trinajstić information content (AvgIpc) is 2.79. The maximum absolute atomic E-state index is 13.1. The molecule has 0 unspecified atom stereocenters. The Hall–Kier alpha value is -2.10. The van der Waals surface area contributed by atoms with Crippen molar-refractivity contribution in [2.24, 2.45) is 11.8 Å². The van der Waals surface area contributed by atoms with E-state index in [4.69, 9.17) is 0 Å². The van der Waals surface area contributed by atoms with Crippen LogP contribution in [0.15, 0.2) is 35.9 Å². The van der Waals surface area contributed by atoms with Crippen molar-refractivity contribution < 1.29 is 9.59 Å². The van der Waals surface area contributed by atoms with Gasteiger partial charge in [0.2, 0.25) is 11.8 Å². The van der Waals surface area contributed by atoms with Crippen molar-refractivity contribution in [3.63, 3.8) is 0 Å². The summed E-state index contributed by atoms with van der Waals surface area (Å²) in [7, 11) is 0. The molecule has 1 aromatic rings. The standard InChI is InChI=1S/C28H44N2O2/c1-5-6-7-8-12-15-27(31)30(21-24(4)20-25-13-10-9-11-14-25)22-26-16-18-29(19-17-26)28(32)23(2)3/h9-11,13-14,20,23,26H,5-8,12,15-19,21-22H2,1-4H3/b24-20+. The van der Waals surface area contributed by atoms with Crippen LogP contribution in [0, 0.1) is 11.8 Å². The highest BCUT2D eigenvalue weighted by atomic mass is 16.2. The molecule has 0 saturated carbocycles. The van der Waals surface area contributed by atoms with Gasteiger partial charge in [-0.15, -0.1) is 0 Å². The van der Waals surface area contributed by atoms with E-state index in [1.807, 2.05) is 36.9 Å². The van der Waals surface area contributed by atoms with Crippen LogP contribution in [0.25, 0.3) is 6.08 Å². The Bertz CT molecular complexity index is 718. The quantitative estimate of drug-likeness (QED) is 0.364. The molecule has 1 aliphatic rings. The van der Waals surface area contributed by atoms with Crippen LogP contribution in [0.2, 0.25) is 0 Å². The number of nitrogens with zero attached hydrogens (tertiary/aromatic N) is 2. The van der Waals surface area contributed by atoms with Crippen molar-refractivity contribution in [3.05, 3.63) is 41.5 Å². The zero-order valence-corrected chi connectivity index (χ0v) is 20.8. The summed E-state index contributed by atoms with van der Waals surface area (Å²) in [6, 6.07) is 10.3. The minimum atomic E-state index is 0.0584. The number of carbonyl (C=O) groups is 2. The Balaban J connectivity index is 1.96. The molecular formula is C28H44N2O2. The Labute approximate surface area is 196 Å². The molecule has 1 heterocycles. The van der Waals surface area contributed by atoms with E-state index in [0.717, 1.165) is 45.3 Å². The number of amides is 2. The molecular weight excluding hydrogens is 396 g/mol. The third kappa shape index (κ3) is 9.18. The van der Waals surface area contributed by atoms with Crippen LogP contribution >= 0.6 is 0 Å². The summed E-state index contributed by atoms with van der Waals surface area (Å²) in [6.07, 6.45) is 10.6. The highest BCUT2D eigenvalue weighted by molar-refractivity contribution is 5.78. The van der Waals surface area contributed by atoms with E-state index in [9.17, 15) is 9.59 Å². The maximum Gasteiger partial charge on any atom is 0.225 e. The molecule has 0 spiro atoms. The minimum absolute atomic E-state index is 0.0584. The normalized spacial score (nSPS) is 15.3. The molecule has 1 aromatic carbocycles. The fourth-order valence-electron chi connectivity index (χ4n) is 4.49. The molecule has 178 valence electrons. The van der Waals surface area contributed by atoms with Crippen LogP contribution in [0.5, 0.6) is 0 Å². The van der Waals surface area contributed by atoms with Crippen molar-refractivity contribution in [2.45, 2.75) is 79.1 Å². The maximum atomic E-state index is 13.1. The van der Waals surface area contributed by atoms with Gasteiger partial charge in [-0.2, -0.15) is 0 Å². The molecule has 4 heteroatoms. The van der Waals surface area contributed by atoms with Crippen molar-refractivity contribution in [1.29, 1.82) is 0 Å². The largest absolute Gasteiger partial charge is 0.342 e. The first kappa shape index (κ1) is 26.2. The van der Waals surface area contributed by atoms with Crippen molar-refractivity contribution in [1.82, 2.24) is 9.80 Å². The summed E-state index contributed by atoms with van der Waals surface area (Å²) >= 11 is 0. The summed E-state index contributed by atoms with van der Waals surface area (Å²) < 4.78 is 0. The zero-order chi connectivity index (χ0) is 23.3. The molecule has 2 rings (SSSR count). The summed E-state index contributed by atoms with van der Waals surface area (Å²) in [5.41, 5.74) is 2.39. The SMILES string of the molecule is CCCCCCCC(=O)N(C/C(C)=C/c1ccccc1)CC1CCN(C(=O)C(C)C)CC1. The van der Waals surface area contributed by atoms with Crippen LogP contribution in [0.4, 0.5) is 0 Å². The lowest BCUT2D eigenvalue weighted by Gasteiger charge is -2.36. The van der Waals surface area contributed by atoms with Crippen molar-refractivity contribution in [3.8, 4) is 0 Å². The fourth-order valence-corrected chi connectivity index (χ4v) is 4.49. The van der Waals surface area contributed by atoms with Gasteiger partial charge < -0.3 is 9.80 Å². The van der Waals surface area contributed by atoms with E-state index in [2.05, 4.69) is 37.0 Å². The predicted octanol–water partition coefficient (Wildman–Crippen LogP) is 6.17. The summed E-state index contributed by atoms with van der Waals surface area (Å²) in [5.74, 6) is 1.07. The van der Waals surface area contributed by atoms with Crippen LogP contribution in [-0.4, -0.2) is 47.8 Å². The number of hydrogen-bond donors (Lipinski definition) is 0. The van der Waals surface area contributed by atoms with Crippen LogP contribution in [-0.2, 0) is 9.59 Å². The van der Waals surface area contributed by atoms with Gasteiger partial charge in [0.15, 0.2) is 0 Å². The number of benzene rings is 1. The smallest absolute Gasteiger partial charge is 0.225 e. The van der Waals surface area contributed by atoms with Gasteiger partial charge in [-0.05, 0) is 37.7 Å². The highest BCUT2D eigenvalue weighted by Crippen LogP contribution is 2.21. The second kappa shape index (κ2) is 14.1. The van der Waals surface area contributed by atoms with Gasteiger partial charge in [0.1, 0.15) is 0 Å². The van der Waals surface area contributed by atoms with Gasteiger partial charge in [-0.3, -0.25) is 9.59 Å². The zero-order valence-electron chi connectivity index (χ0n) is 20.8. The van der Waals surface area contributed by atoms with Gasteiger partial charge in [0, 0.05) is 38.5 Å². The lowest BCUT2D eigenvalue weighted by molar-refractivity contribution is -0.137. The van der Waals surface area contributed by atoms with Gasteiger partial charge in [-0.1, -0.05) is 88.4 Å². The lowest BCUT2D eigenvalue weighted by atomic mass is 9.95. The third-order valence-electron chi connectivity index (χ3n) is 6.40. The molecule has 0 atom stereocenters. The first-order chi connectivity index (χ1) is 15.4. The topological polar surface area (TPSA) is 40.6 Å². The van der Waals surface area contributed by atoms with E-state index in [0.29, 0.717) is 18.9 Å². The molecule has 1 aliphatic heterocycles. The van der Waals surface area contributed by atoms with Gasteiger partial charge >= 0.3 is 0 Å². The Morgan fingerprint density at radius 1 is 1.06 bits per heavy atom. The van der Waals surface area contributed by atoms with Gasteiger partial charge in [-0.25, -0.2) is 0 Å². The Morgan fingerprint density at radius 3 is 2.34 bits per heavy atom. The molecule has 32 heavy (non-hydrogen) atoms. The van der Waals surface area contributed by atoms with Crippen LogP contribution < -0.4 is 0 Å². The molecule has 0 radical (unpaired) electrons. The fraction of sp³-hybridized carbons (Fsp3) is 0.643. The third-order valence-corrected chi connectivity index (χ3v) is 6.40. The molecule has 2 amide bonds. The summed E-state index contributed by atoms with van der Waals surface area (Å²) in [4.78, 5) is 29.5. The van der Waals surface area contributed by atoms with E-state index in [-0.39, 0.29) is 17.7 Å². The monoisotopic (exact) mass is 440 g/mol. The second-order valence-electron chi connectivity index (χ2n) is 9.76. The number of carbonyl (C=O) groups excluding carboxylic acids is 2. The minimum Gasteiger partial charge on any atom is -0.342 e. The summed E-state index contributed by atoms with van der Waals surface area (Å²) in [5, 5.41) is 0. The number of rotatable bonds is 12. The average molecular weight is 441 g/mol. The van der Waals surface area contributed by atoms with Gasteiger partial charge in [0.05, 0.1) is 0 Å². The first-order valence-corrected chi connectivity index (χ1v) is 12.7. The van der Waals surface area contributed by atoms with E-state index >= 15 is 0 Å². The number of piperidine rings is 1. The van der Waals surface area contributed by atoms with Crippen LogP contribution in [0.3, 0.4) is 0 Å². The Kier molecular flexibility index (Phi) is 11.5. The molecule has 0 aliphatic carbocycles. The molecule has 1 fully saturated rings.